The molecule has 1 N–H and O–H groups in total. The average molecular weight is 413 g/mol. The normalized spacial score (nSPS) is 24.4. The number of rotatable bonds is 4. The SMILES string of the molecule is COC(=O)[C@H](C)NC(=O)[C@@H]1c2ccccc2C(=O)N(C2CCCC2)C12CCCCC2. The fraction of sp³-hybridized carbons (Fsp3) is 0.625. The first-order valence-electron chi connectivity index (χ1n) is 11.3. The molecule has 2 amide bonds. The van der Waals surface area contributed by atoms with Gasteiger partial charge in [-0.1, -0.05) is 50.3 Å². The van der Waals surface area contributed by atoms with Crippen molar-refractivity contribution in [3.63, 3.8) is 0 Å². The molecule has 1 aromatic rings. The molecule has 1 aromatic carbocycles. The van der Waals surface area contributed by atoms with Crippen LogP contribution in [0.2, 0.25) is 0 Å². The third-order valence-corrected chi connectivity index (χ3v) is 7.32. The number of nitrogens with zero attached hydrogens (tertiary/aromatic N) is 1. The standard InChI is InChI=1S/C24H32N2O4/c1-16(23(29)30-2)25-21(27)20-18-12-6-7-13-19(18)22(28)26(17-10-4-5-11-17)24(20)14-8-3-9-15-24/h6-7,12-13,16-17,20H,3-5,8-11,14-15H2,1-2H3,(H,25,27)/t16-,20-/m0/s1. The summed E-state index contributed by atoms with van der Waals surface area (Å²) in [6, 6.07) is 7.00. The van der Waals surface area contributed by atoms with Gasteiger partial charge in [0, 0.05) is 11.6 Å². The Morgan fingerprint density at radius 3 is 2.43 bits per heavy atom. The van der Waals surface area contributed by atoms with Gasteiger partial charge >= 0.3 is 5.97 Å². The van der Waals surface area contributed by atoms with Gasteiger partial charge in [0.25, 0.3) is 5.91 Å². The molecule has 6 nitrogen and oxygen atoms in total. The lowest BCUT2D eigenvalue weighted by Crippen LogP contribution is -2.65. The van der Waals surface area contributed by atoms with Crippen LogP contribution in [-0.4, -0.2) is 47.4 Å². The minimum absolute atomic E-state index is 0.0736. The van der Waals surface area contributed by atoms with E-state index in [2.05, 4.69) is 10.2 Å². The Hall–Kier alpha value is -2.37. The molecule has 0 radical (unpaired) electrons. The van der Waals surface area contributed by atoms with E-state index in [0.717, 1.165) is 63.4 Å². The fourth-order valence-corrected chi connectivity index (χ4v) is 6.01. The number of hydrogen-bond acceptors (Lipinski definition) is 4. The van der Waals surface area contributed by atoms with Gasteiger partial charge < -0.3 is 15.0 Å². The lowest BCUT2D eigenvalue weighted by atomic mass is 9.64. The molecule has 2 atom stereocenters. The van der Waals surface area contributed by atoms with Gasteiger partial charge in [0.15, 0.2) is 0 Å². The van der Waals surface area contributed by atoms with E-state index in [1.54, 1.807) is 6.92 Å². The third-order valence-electron chi connectivity index (χ3n) is 7.32. The number of amides is 2. The summed E-state index contributed by atoms with van der Waals surface area (Å²) in [5.41, 5.74) is 0.915. The predicted molar refractivity (Wildman–Crippen MR) is 113 cm³/mol. The predicted octanol–water partition coefficient (Wildman–Crippen LogP) is 3.55. The molecule has 0 unspecified atom stereocenters. The smallest absolute Gasteiger partial charge is 0.328 e. The van der Waals surface area contributed by atoms with Gasteiger partial charge in [-0.25, -0.2) is 4.79 Å². The molecule has 0 bridgehead atoms. The summed E-state index contributed by atoms with van der Waals surface area (Å²) in [7, 11) is 1.32. The topological polar surface area (TPSA) is 75.7 Å². The van der Waals surface area contributed by atoms with E-state index in [1.165, 1.54) is 7.11 Å². The van der Waals surface area contributed by atoms with E-state index in [0.29, 0.717) is 5.56 Å². The molecule has 2 fully saturated rings. The zero-order valence-corrected chi connectivity index (χ0v) is 18.0. The van der Waals surface area contributed by atoms with Crippen LogP contribution in [0.5, 0.6) is 0 Å². The number of methoxy groups -OCH3 is 1. The third kappa shape index (κ3) is 3.40. The van der Waals surface area contributed by atoms with Crippen molar-refractivity contribution in [1.82, 2.24) is 10.2 Å². The van der Waals surface area contributed by atoms with E-state index in [1.807, 2.05) is 24.3 Å². The van der Waals surface area contributed by atoms with Crippen molar-refractivity contribution in [3.05, 3.63) is 35.4 Å². The zero-order chi connectivity index (χ0) is 21.3. The summed E-state index contributed by atoms with van der Waals surface area (Å²) in [6.07, 6.45) is 9.06. The first kappa shape index (κ1) is 20.9. The van der Waals surface area contributed by atoms with Crippen LogP contribution in [0.1, 0.15) is 86.6 Å². The van der Waals surface area contributed by atoms with Crippen molar-refractivity contribution in [3.8, 4) is 0 Å². The van der Waals surface area contributed by atoms with Gasteiger partial charge in [-0.3, -0.25) is 9.59 Å². The first-order valence-corrected chi connectivity index (χ1v) is 11.3. The Morgan fingerprint density at radius 2 is 1.77 bits per heavy atom. The van der Waals surface area contributed by atoms with Crippen molar-refractivity contribution in [2.45, 2.75) is 88.3 Å². The molecule has 30 heavy (non-hydrogen) atoms. The highest BCUT2D eigenvalue weighted by Crippen LogP contribution is 2.51. The van der Waals surface area contributed by atoms with Crippen molar-refractivity contribution < 1.29 is 19.1 Å². The van der Waals surface area contributed by atoms with Crippen LogP contribution in [-0.2, 0) is 14.3 Å². The molecule has 0 saturated heterocycles. The van der Waals surface area contributed by atoms with Gasteiger partial charge in [0.05, 0.1) is 18.6 Å². The minimum atomic E-state index is -0.729. The number of fused-ring (bicyclic) bond motifs is 1. The van der Waals surface area contributed by atoms with Crippen LogP contribution < -0.4 is 5.32 Å². The fourth-order valence-electron chi connectivity index (χ4n) is 6.01. The van der Waals surface area contributed by atoms with Crippen molar-refractivity contribution in [1.29, 1.82) is 0 Å². The van der Waals surface area contributed by atoms with Gasteiger partial charge in [0.2, 0.25) is 5.91 Å². The van der Waals surface area contributed by atoms with Crippen LogP contribution in [0, 0.1) is 0 Å². The summed E-state index contributed by atoms with van der Waals surface area (Å²) in [5.74, 6) is -1.05. The molecule has 6 heteroatoms. The number of benzene rings is 1. The lowest BCUT2D eigenvalue weighted by Gasteiger charge is -2.56. The van der Waals surface area contributed by atoms with Gasteiger partial charge in [-0.2, -0.15) is 0 Å². The van der Waals surface area contributed by atoms with Crippen molar-refractivity contribution in [2.24, 2.45) is 0 Å². The largest absolute Gasteiger partial charge is 0.467 e. The second-order valence-electron chi connectivity index (χ2n) is 9.05. The van der Waals surface area contributed by atoms with E-state index >= 15 is 0 Å². The highest BCUT2D eigenvalue weighted by molar-refractivity contribution is 6.02. The molecule has 1 spiro atoms. The van der Waals surface area contributed by atoms with Crippen LogP contribution >= 0.6 is 0 Å². The number of esters is 1. The number of nitrogens with one attached hydrogen (secondary N) is 1. The van der Waals surface area contributed by atoms with Gasteiger partial charge in [-0.15, -0.1) is 0 Å². The maximum absolute atomic E-state index is 13.7. The van der Waals surface area contributed by atoms with E-state index in [-0.39, 0.29) is 17.9 Å². The van der Waals surface area contributed by atoms with Crippen molar-refractivity contribution >= 4 is 17.8 Å². The minimum Gasteiger partial charge on any atom is -0.467 e. The molecule has 1 aliphatic heterocycles. The van der Waals surface area contributed by atoms with E-state index in [9.17, 15) is 14.4 Å². The number of hydrogen-bond donors (Lipinski definition) is 1. The first-order chi connectivity index (χ1) is 14.5. The average Bonchev–Trinajstić information content (AvgIpc) is 3.28. The number of carbonyl (C=O) groups excluding carboxylic acids is 3. The molecule has 4 rings (SSSR count). The van der Waals surface area contributed by atoms with Crippen LogP contribution in [0.15, 0.2) is 24.3 Å². The monoisotopic (exact) mass is 412 g/mol. The van der Waals surface area contributed by atoms with Crippen LogP contribution in [0.25, 0.3) is 0 Å². The molecule has 2 aliphatic carbocycles. The van der Waals surface area contributed by atoms with Gasteiger partial charge in [-0.05, 0) is 44.2 Å². The maximum atomic E-state index is 13.7. The second-order valence-corrected chi connectivity index (χ2v) is 9.05. The Balaban J connectivity index is 1.81. The molecule has 0 aromatic heterocycles. The lowest BCUT2D eigenvalue weighted by molar-refractivity contribution is -0.145. The summed E-state index contributed by atoms with van der Waals surface area (Å²) >= 11 is 0. The van der Waals surface area contributed by atoms with Gasteiger partial charge in [0.1, 0.15) is 6.04 Å². The Kier molecular flexibility index (Phi) is 5.85. The Bertz CT molecular complexity index is 824. The molecule has 2 saturated carbocycles. The molecular formula is C24H32N2O4. The zero-order valence-electron chi connectivity index (χ0n) is 18.0. The second kappa shape index (κ2) is 8.40. The Morgan fingerprint density at radius 1 is 1.10 bits per heavy atom. The summed E-state index contributed by atoms with van der Waals surface area (Å²) in [4.78, 5) is 41.5. The van der Waals surface area contributed by atoms with Crippen LogP contribution in [0.3, 0.4) is 0 Å². The van der Waals surface area contributed by atoms with Crippen LogP contribution in [0.4, 0.5) is 0 Å². The molecule has 162 valence electrons. The quantitative estimate of drug-likeness (QED) is 0.768. The van der Waals surface area contributed by atoms with E-state index < -0.39 is 23.5 Å². The van der Waals surface area contributed by atoms with E-state index in [4.69, 9.17) is 4.74 Å². The summed E-state index contributed by atoms with van der Waals surface area (Å²) in [5, 5.41) is 2.89. The maximum Gasteiger partial charge on any atom is 0.328 e. The number of ether oxygens (including phenoxy) is 1. The Labute approximate surface area is 178 Å². The molecule has 1 heterocycles. The number of carbonyl (C=O) groups is 3. The summed E-state index contributed by atoms with van der Waals surface area (Å²) in [6.45, 7) is 1.64. The molecule has 3 aliphatic rings. The van der Waals surface area contributed by atoms with Crippen molar-refractivity contribution in [2.75, 3.05) is 7.11 Å². The highest BCUT2D eigenvalue weighted by Gasteiger charge is 2.56. The molecular weight excluding hydrogens is 380 g/mol. The summed E-state index contributed by atoms with van der Waals surface area (Å²) < 4.78 is 4.81. The highest BCUT2D eigenvalue weighted by atomic mass is 16.5.